The number of hydrogen-bond acceptors (Lipinski definition) is 6. The summed E-state index contributed by atoms with van der Waals surface area (Å²) in [6.07, 6.45) is 3.22. The topological polar surface area (TPSA) is 76.2 Å². The highest BCUT2D eigenvalue weighted by molar-refractivity contribution is 5.36. The zero-order chi connectivity index (χ0) is 18.9. The SMILES string of the molecule is N#Cc1cnc2n1CCN(Cc1ccc(C3COc4cccnc4O3)cc1)C2. The number of hydrogen-bond donors (Lipinski definition) is 0. The average molecular weight is 373 g/mol. The van der Waals surface area contributed by atoms with Gasteiger partial charge in [0, 0.05) is 25.8 Å². The third-order valence-electron chi connectivity index (χ3n) is 5.20. The molecule has 0 saturated carbocycles. The highest BCUT2D eigenvalue weighted by atomic mass is 16.6. The first kappa shape index (κ1) is 16.8. The fourth-order valence-corrected chi connectivity index (χ4v) is 3.70. The molecule has 0 saturated heterocycles. The quantitative estimate of drug-likeness (QED) is 0.703. The molecule has 140 valence electrons. The minimum absolute atomic E-state index is 0.150. The van der Waals surface area contributed by atoms with Gasteiger partial charge in [0.05, 0.1) is 12.7 Å². The number of fused-ring (bicyclic) bond motifs is 2. The number of rotatable bonds is 3. The largest absolute Gasteiger partial charge is 0.484 e. The molecule has 3 aromatic rings. The van der Waals surface area contributed by atoms with E-state index in [0.29, 0.717) is 23.9 Å². The summed E-state index contributed by atoms with van der Waals surface area (Å²) in [5.74, 6) is 2.19. The van der Waals surface area contributed by atoms with Gasteiger partial charge < -0.3 is 14.0 Å². The van der Waals surface area contributed by atoms with Crippen LogP contribution in [0.4, 0.5) is 0 Å². The zero-order valence-electron chi connectivity index (χ0n) is 15.3. The molecule has 0 N–H and O–H groups in total. The standard InChI is InChI=1S/C21H19N5O2/c22-10-17-11-24-20-13-25(8-9-26(17)20)12-15-3-5-16(6-4-15)19-14-27-18-2-1-7-23-21(18)28-19/h1-7,11,19H,8-9,12-14H2. The van der Waals surface area contributed by atoms with Crippen molar-refractivity contribution in [2.24, 2.45) is 0 Å². The number of ether oxygens (including phenoxy) is 2. The maximum absolute atomic E-state index is 9.12. The minimum atomic E-state index is -0.150. The van der Waals surface area contributed by atoms with Crippen LogP contribution in [0, 0.1) is 11.3 Å². The second kappa shape index (κ2) is 6.98. The molecule has 28 heavy (non-hydrogen) atoms. The molecule has 2 aliphatic rings. The van der Waals surface area contributed by atoms with Crippen LogP contribution in [0.25, 0.3) is 0 Å². The van der Waals surface area contributed by atoms with Gasteiger partial charge in [0.2, 0.25) is 0 Å². The molecule has 2 aliphatic heterocycles. The van der Waals surface area contributed by atoms with Crippen molar-refractivity contribution in [2.45, 2.75) is 25.7 Å². The molecule has 0 amide bonds. The van der Waals surface area contributed by atoms with E-state index in [9.17, 15) is 0 Å². The number of pyridine rings is 1. The molecule has 0 aliphatic carbocycles. The van der Waals surface area contributed by atoms with E-state index in [2.05, 4.69) is 45.2 Å². The van der Waals surface area contributed by atoms with Crippen molar-refractivity contribution in [3.8, 4) is 17.7 Å². The predicted octanol–water partition coefficient (Wildman–Crippen LogP) is 2.68. The molecule has 1 atom stereocenters. The van der Waals surface area contributed by atoms with Crippen LogP contribution in [-0.2, 0) is 19.6 Å². The van der Waals surface area contributed by atoms with Gasteiger partial charge in [0.1, 0.15) is 24.2 Å². The molecule has 7 heteroatoms. The predicted molar refractivity (Wildman–Crippen MR) is 101 cm³/mol. The van der Waals surface area contributed by atoms with E-state index < -0.39 is 0 Å². The van der Waals surface area contributed by atoms with Crippen molar-refractivity contribution < 1.29 is 9.47 Å². The summed E-state index contributed by atoms with van der Waals surface area (Å²) in [5.41, 5.74) is 2.96. The van der Waals surface area contributed by atoms with E-state index in [1.165, 1.54) is 5.56 Å². The molecule has 1 unspecified atom stereocenters. The maximum Gasteiger partial charge on any atom is 0.257 e. The molecule has 4 heterocycles. The lowest BCUT2D eigenvalue weighted by Crippen LogP contribution is -2.33. The molecule has 7 nitrogen and oxygen atoms in total. The lowest BCUT2D eigenvalue weighted by molar-refractivity contribution is 0.0850. The van der Waals surface area contributed by atoms with Crippen LogP contribution in [0.2, 0.25) is 0 Å². The van der Waals surface area contributed by atoms with Gasteiger partial charge in [-0.25, -0.2) is 9.97 Å². The van der Waals surface area contributed by atoms with Gasteiger partial charge in [-0.1, -0.05) is 24.3 Å². The Balaban J connectivity index is 1.25. The summed E-state index contributed by atoms with van der Waals surface area (Å²) >= 11 is 0. The minimum Gasteiger partial charge on any atom is -0.484 e. The van der Waals surface area contributed by atoms with E-state index >= 15 is 0 Å². The third-order valence-corrected chi connectivity index (χ3v) is 5.20. The smallest absolute Gasteiger partial charge is 0.257 e. The van der Waals surface area contributed by atoms with Crippen molar-refractivity contribution in [1.82, 2.24) is 19.4 Å². The first-order valence-electron chi connectivity index (χ1n) is 9.30. The van der Waals surface area contributed by atoms with Gasteiger partial charge in [-0.3, -0.25) is 4.90 Å². The van der Waals surface area contributed by atoms with Crippen molar-refractivity contribution >= 4 is 0 Å². The van der Waals surface area contributed by atoms with Gasteiger partial charge in [-0.15, -0.1) is 0 Å². The summed E-state index contributed by atoms with van der Waals surface area (Å²) in [6.45, 7) is 3.79. The fraction of sp³-hybridized carbons (Fsp3) is 0.286. The van der Waals surface area contributed by atoms with E-state index in [4.69, 9.17) is 14.7 Å². The number of aromatic nitrogens is 3. The first-order valence-corrected chi connectivity index (χ1v) is 9.30. The van der Waals surface area contributed by atoms with Crippen molar-refractivity contribution in [3.63, 3.8) is 0 Å². The van der Waals surface area contributed by atoms with Gasteiger partial charge >= 0.3 is 0 Å². The van der Waals surface area contributed by atoms with Gasteiger partial charge in [0.15, 0.2) is 11.9 Å². The van der Waals surface area contributed by atoms with E-state index in [0.717, 1.165) is 37.6 Å². The molecule has 0 bridgehead atoms. The van der Waals surface area contributed by atoms with Crippen molar-refractivity contribution in [3.05, 3.63) is 71.4 Å². The fourth-order valence-electron chi connectivity index (χ4n) is 3.70. The zero-order valence-corrected chi connectivity index (χ0v) is 15.3. The molecule has 1 aromatic carbocycles. The van der Waals surface area contributed by atoms with Gasteiger partial charge in [-0.05, 0) is 23.3 Å². The average Bonchev–Trinajstić information content (AvgIpc) is 3.16. The molecule has 0 spiro atoms. The number of benzene rings is 1. The van der Waals surface area contributed by atoms with Gasteiger partial charge in [0.25, 0.3) is 5.88 Å². The second-order valence-corrected chi connectivity index (χ2v) is 7.00. The second-order valence-electron chi connectivity index (χ2n) is 7.00. The van der Waals surface area contributed by atoms with Crippen LogP contribution in [0.3, 0.4) is 0 Å². The molecular formula is C21H19N5O2. The van der Waals surface area contributed by atoms with Crippen LogP contribution in [0.1, 0.15) is 28.7 Å². The summed E-state index contributed by atoms with van der Waals surface area (Å²) in [7, 11) is 0. The van der Waals surface area contributed by atoms with E-state index in [-0.39, 0.29) is 6.10 Å². The Kier molecular flexibility index (Phi) is 4.18. The van der Waals surface area contributed by atoms with Crippen LogP contribution in [-0.4, -0.2) is 32.6 Å². The molecular weight excluding hydrogens is 354 g/mol. The Labute approximate surface area is 162 Å². The van der Waals surface area contributed by atoms with E-state index in [1.54, 1.807) is 12.4 Å². The van der Waals surface area contributed by atoms with Gasteiger partial charge in [-0.2, -0.15) is 5.26 Å². The Bertz CT molecular complexity index is 1040. The van der Waals surface area contributed by atoms with Crippen LogP contribution in [0.5, 0.6) is 11.6 Å². The van der Waals surface area contributed by atoms with Crippen molar-refractivity contribution in [2.75, 3.05) is 13.2 Å². The monoisotopic (exact) mass is 373 g/mol. The van der Waals surface area contributed by atoms with E-state index in [1.807, 2.05) is 16.7 Å². The molecule has 0 fully saturated rings. The van der Waals surface area contributed by atoms with Crippen LogP contribution < -0.4 is 9.47 Å². The first-order chi connectivity index (χ1) is 13.8. The molecule has 2 aromatic heterocycles. The Hall–Kier alpha value is -3.37. The normalized spacial score (nSPS) is 18.3. The summed E-state index contributed by atoms with van der Waals surface area (Å²) < 4.78 is 13.7. The Morgan fingerprint density at radius 3 is 2.89 bits per heavy atom. The summed E-state index contributed by atoms with van der Waals surface area (Å²) in [4.78, 5) is 11.0. The number of imidazole rings is 1. The third kappa shape index (κ3) is 3.08. The lowest BCUT2D eigenvalue weighted by atomic mass is 10.1. The number of nitrogens with zero attached hydrogens (tertiary/aromatic N) is 5. The van der Waals surface area contributed by atoms with Crippen LogP contribution >= 0.6 is 0 Å². The van der Waals surface area contributed by atoms with Crippen molar-refractivity contribution in [1.29, 1.82) is 5.26 Å². The molecule has 5 rings (SSSR count). The lowest BCUT2D eigenvalue weighted by Gasteiger charge is -2.28. The Morgan fingerprint density at radius 2 is 2.04 bits per heavy atom. The summed E-state index contributed by atoms with van der Waals surface area (Å²) in [5, 5.41) is 9.12. The Morgan fingerprint density at radius 1 is 1.14 bits per heavy atom. The summed E-state index contributed by atoms with van der Waals surface area (Å²) in [6, 6.07) is 14.4. The van der Waals surface area contributed by atoms with Crippen LogP contribution in [0.15, 0.2) is 48.8 Å². The maximum atomic E-state index is 9.12. The molecule has 0 radical (unpaired) electrons. The highest BCUT2D eigenvalue weighted by Gasteiger charge is 2.24. The highest BCUT2D eigenvalue weighted by Crippen LogP contribution is 2.34. The number of nitriles is 1.